The van der Waals surface area contributed by atoms with Gasteiger partial charge in [0.15, 0.2) is 0 Å². The Balaban J connectivity index is 2.21. The molecule has 14 heavy (non-hydrogen) atoms. The normalized spacial score (nSPS) is 26.7. The summed E-state index contributed by atoms with van der Waals surface area (Å²) >= 11 is 0. The van der Waals surface area contributed by atoms with E-state index in [0.29, 0.717) is 0 Å². The quantitative estimate of drug-likeness (QED) is 0.741. The van der Waals surface area contributed by atoms with Gasteiger partial charge in [-0.15, -0.1) is 0 Å². The molecule has 1 aliphatic rings. The minimum Gasteiger partial charge on any atom is -0.396 e. The zero-order valence-corrected chi connectivity index (χ0v) is 7.91. The summed E-state index contributed by atoms with van der Waals surface area (Å²) in [6.45, 7) is 1.81. The summed E-state index contributed by atoms with van der Waals surface area (Å²) in [6.07, 6.45) is 0. The Bertz CT molecular complexity index is 316. The molecule has 0 saturated carbocycles. The number of benzene rings is 1. The highest BCUT2D eigenvalue weighted by atomic mass is 19.1. The second kappa shape index (κ2) is 4.07. The van der Waals surface area contributed by atoms with Gasteiger partial charge in [-0.1, -0.05) is 12.1 Å². The van der Waals surface area contributed by atoms with Gasteiger partial charge in [-0.05, 0) is 17.7 Å². The maximum absolute atomic E-state index is 13.0. The lowest BCUT2D eigenvalue weighted by Gasteiger charge is -2.16. The van der Waals surface area contributed by atoms with Gasteiger partial charge in [-0.2, -0.15) is 0 Å². The van der Waals surface area contributed by atoms with Crippen LogP contribution in [0, 0.1) is 11.7 Å². The average Bonchev–Trinajstić information content (AvgIpc) is 2.65. The van der Waals surface area contributed by atoms with Crippen molar-refractivity contribution in [3.63, 3.8) is 0 Å². The zero-order valence-electron chi connectivity index (χ0n) is 7.91. The molecule has 76 valence electrons. The summed E-state index contributed by atoms with van der Waals surface area (Å²) < 4.78 is 13.0. The second-order valence-corrected chi connectivity index (χ2v) is 3.76. The van der Waals surface area contributed by atoms with Gasteiger partial charge in [0, 0.05) is 31.5 Å². The third kappa shape index (κ3) is 1.79. The van der Waals surface area contributed by atoms with E-state index in [1.165, 1.54) is 6.07 Å². The molecule has 1 aromatic carbocycles. The van der Waals surface area contributed by atoms with E-state index >= 15 is 0 Å². The van der Waals surface area contributed by atoms with E-state index in [2.05, 4.69) is 5.32 Å². The number of aliphatic hydroxyl groups excluding tert-OH is 1. The fourth-order valence-electron chi connectivity index (χ4n) is 2.05. The van der Waals surface area contributed by atoms with Crippen LogP contribution in [0.1, 0.15) is 11.5 Å². The molecule has 1 aliphatic heterocycles. The lowest BCUT2D eigenvalue weighted by atomic mass is 9.89. The van der Waals surface area contributed by atoms with E-state index in [9.17, 15) is 4.39 Å². The van der Waals surface area contributed by atoms with Crippen LogP contribution in [0.4, 0.5) is 4.39 Å². The summed E-state index contributed by atoms with van der Waals surface area (Å²) in [7, 11) is 0. The topological polar surface area (TPSA) is 32.3 Å². The Morgan fingerprint density at radius 1 is 1.43 bits per heavy atom. The summed E-state index contributed by atoms with van der Waals surface area (Å²) in [6, 6.07) is 6.64. The van der Waals surface area contributed by atoms with Crippen LogP contribution >= 0.6 is 0 Å². The molecule has 2 atom stereocenters. The predicted molar refractivity (Wildman–Crippen MR) is 52.6 cm³/mol. The van der Waals surface area contributed by atoms with E-state index in [1.54, 1.807) is 12.1 Å². The minimum absolute atomic E-state index is 0.161. The van der Waals surface area contributed by atoms with Crippen molar-refractivity contribution in [2.24, 2.45) is 5.92 Å². The summed E-state index contributed by atoms with van der Waals surface area (Å²) in [5.41, 5.74) is 0.981. The van der Waals surface area contributed by atoms with Gasteiger partial charge in [-0.25, -0.2) is 4.39 Å². The van der Waals surface area contributed by atoms with Crippen molar-refractivity contribution in [3.05, 3.63) is 35.6 Å². The molecule has 1 heterocycles. The lowest BCUT2D eigenvalue weighted by Crippen LogP contribution is -2.14. The smallest absolute Gasteiger partial charge is 0.123 e. The standard InChI is InChI=1S/C11H14FNO/c12-10-3-1-2-8(4-10)11-6-13-5-9(11)7-14/h1-4,9,11,13-14H,5-7H2/t9-,11-/m0/s1. The molecular weight excluding hydrogens is 181 g/mol. The maximum atomic E-state index is 13.0. The first-order chi connectivity index (χ1) is 6.81. The highest BCUT2D eigenvalue weighted by Crippen LogP contribution is 2.27. The Kier molecular flexibility index (Phi) is 2.79. The van der Waals surface area contributed by atoms with E-state index < -0.39 is 0 Å². The van der Waals surface area contributed by atoms with Crippen LogP contribution in [0.5, 0.6) is 0 Å². The van der Waals surface area contributed by atoms with Crippen LogP contribution in [-0.2, 0) is 0 Å². The first kappa shape index (κ1) is 9.62. The van der Waals surface area contributed by atoms with Crippen LogP contribution in [-0.4, -0.2) is 24.8 Å². The molecule has 0 radical (unpaired) electrons. The maximum Gasteiger partial charge on any atom is 0.123 e. The second-order valence-electron chi connectivity index (χ2n) is 3.76. The molecule has 1 aromatic rings. The fourth-order valence-corrected chi connectivity index (χ4v) is 2.05. The van der Waals surface area contributed by atoms with Crippen LogP contribution in [0.25, 0.3) is 0 Å². The molecule has 2 nitrogen and oxygen atoms in total. The van der Waals surface area contributed by atoms with E-state index in [0.717, 1.165) is 18.7 Å². The number of hydrogen-bond donors (Lipinski definition) is 2. The summed E-state index contributed by atoms with van der Waals surface area (Å²) in [4.78, 5) is 0. The molecule has 0 spiro atoms. The van der Waals surface area contributed by atoms with Crippen molar-refractivity contribution in [2.45, 2.75) is 5.92 Å². The largest absolute Gasteiger partial charge is 0.396 e. The van der Waals surface area contributed by atoms with Gasteiger partial charge in [0.25, 0.3) is 0 Å². The number of halogens is 1. The Labute approximate surface area is 82.8 Å². The number of aliphatic hydroxyl groups is 1. The molecule has 1 fully saturated rings. The van der Waals surface area contributed by atoms with Crippen molar-refractivity contribution < 1.29 is 9.50 Å². The van der Waals surface area contributed by atoms with Crippen LogP contribution < -0.4 is 5.32 Å². The van der Waals surface area contributed by atoms with Crippen molar-refractivity contribution in [1.82, 2.24) is 5.32 Å². The first-order valence-electron chi connectivity index (χ1n) is 4.88. The zero-order chi connectivity index (χ0) is 9.97. The first-order valence-corrected chi connectivity index (χ1v) is 4.88. The molecule has 0 unspecified atom stereocenters. The van der Waals surface area contributed by atoms with Gasteiger partial charge >= 0.3 is 0 Å². The molecule has 2 N–H and O–H groups in total. The molecule has 0 bridgehead atoms. The highest BCUT2D eigenvalue weighted by molar-refractivity contribution is 5.23. The minimum atomic E-state index is -0.203. The van der Waals surface area contributed by atoms with Crippen LogP contribution in [0.15, 0.2) is 24.3 Å². The van der Waals surface area contributed by atoms with Crippen LogP contribution in [0.3, 0.4) is 0 Å². The van der Waals surface area contributed by atoms with E-state index in [1.807, 2.05) is 6.07 Å². The number of nitrogens with one attached hydrogen (secondary N) is 1. The molecular formula is C11H14FNO. The van der Waals surface area contributed by atoms with Crippen LogP contribution in [0.2, 0.25) is 0 Å². The highest BCUT2D eigenvalue weighted by Gasteiger charge is 2.27. The number of rotatable bonds is 2. The van der Waals surface area contributed by atoms with Gasteiger partial charge in [-0.3, -0.25) is 0 Å². The molecule has 3 heteroatoms. The van der Waals surface area contributed by atoms with Crippen molar-refractivity contribution in [2.75, 3.05) is 19.7 Å². The Morgan fingerprint density at radius 2 is 2.29 bits per heavy atom. The summed E-state index contributed by atoms with van der Waals surface area (Å²) in [5.74, 6) is 0.263. The Hall–Kier alpha value is -0.930. The lowest BCUT2D eigenvalue weighted by molar-refractivity contribution is 0.226. The third-order valence-electron chi connectivity index (χ3n) is 2.85. The van der Waals surface area contributed by atoms with Gasteiger partial charge in [0.1, 0.15) is 5.82 Å². The van der Waals surface area contributed by atoms with Crippen molar-refractivity contribution in [1.29, 1.82) is 0 Å². The van der Waals surface area contributed by atoms with E-state index in [4.69, 9.17) is 5.11 Å². The van der Waals surface area contributed by atoms with Crippen molar-refractivity contribution in [3.8, 4) is 0 Å². The van der Waals surface area contributed by atoms with Gasteiger partial charge in [0.05, 0.1) is 0 Å². The Morgan fingerprint density at radius 3 is 3.00 bits per heavy atom. The third-order valence-corrected chi connectivity index (χ3v) is 2.85. The summed E-state index contributed by atoms with van der Waals surface area (Å²) in [5, 5.41) is 12.3. The van der Waals surface area contributed by atoms with Crippen molar-refractivity contribution >= 4 is 0 Å². The SMILES string of the molecule is OC[C@@H]1CNC[C@H]1c1cccc(F)c1. The molecule has 2 rings (SSSR count). The predicted octanol–water partition coefficient (Wildman–Crippen LogP) is 1.12. The average molecular weight is 195 g/mol. The van der Waals surface area contributed by atoms with Gasteiger partial charge < -0.3 is 10.4 Å². The molecule has 0 amide bonds. The molecule has 0 aliphatic carbocycles. The monoisotopic (exact) mass is 195 g/mol. The molecule has 1 saturated heterocycles. The van der Waals surface area contributed by atoms with E-state index in [-0.39, 0.29) is 24.3 Å². The number of hydrogen-bond acceptors (Lipinski definition) is 2. The fraction of sp³-hybridized carbons (Fsp3) is 0.455. The van der Waals surface area contributed by atoms with Gasteiger partial charge in [0.2, 0.25) is 0 Å². The molecule has 0 aromatic heterocycles.